The van der Waals surface area contributed by atoms with Crippen molar-refractivity contribution in [1.82, 2.24) is 39.6 Å². The van der Waals surface area contributed by atoms with Gasteiger partial charge in [0.15, 0.2) is 0 Å². The Morgan fingerprint density at radius 2 is 1.25 bits per heavy atom. The highest BCUT2D eigenvalue weighted by Gasteiger charge is 2.21. The van der Waals surface area contributed by atoms with Crippen LogP contribution in [0.3, 0.4) is 0 Å². The third-order valence-electron chi connectivity index (χ3n) is 6.83. The first kappa shape index (κ1) is 40.2. The lowest BCUT2D eigenvalue weighted by atomic mass is 10.1. The molecule has 0 unspecified atom stereocenters. The maximum Gasteiger partial charge on any atom is 0.259 e. The Morgan fingerprint density at radius 3 is 1.70 bits per heavy atom. The molecule has 0 saturated carbocycles. The SMILES string of the molecule is Cl.N.N.N.N.NS(=O)(=O)c1ccc(NC(=O)c2ccc(Nc3nc(N4CCCCC4)nc(N4CCCCC4)n3)cc2O)cc1.[HH].[HH].[HH].[HH]. The van der Waals surface area contributed by atoms with Crippen molar-refractivity contribution in [2.45, 2.75) is 43.4 Å². The third kappa shape index (κ3) is 9.84. The van der Waals surface area contributed by atoms with Gasteiger partial charge in [-0.15, -0.1) is 12.4 Å². The smallest absolute Gasteiger partial charge is 0.259 e. The van der Waals surface area contributed by atoms with Crippen molar-refractivity contribution in [3.8, 4) is 5.75 Å². The molecule has 0 spiro atoms. The normalized spacial score (nSPS) is 14.3. The molecule has 5 rings (SSSR count). The Hall–Kier alpha value is -3.84. The first-order valence-corrected chi connectivity index (χ1v) is 14.6. The zero-order valence-electron chi connectivity index (χ0n) is 24.7. The van der Waals surface area contributed by atoms with Crippen molar-refractivity contribution in [3.05, 3.63) is 48.0 Å². The van der Waals surface area contributed by atoms with Crippen LogP contribution >= 0.6 is 12.4 Å². The molecule has 1 aromatic heterocycles. The van der Waals surface area contributed by atoms with E-state index in [0.29, 0.717) is 29.2 Å². The molecule has 0 aliphatic carbocycles. The van der Waals surface area contributed by atoms with Crippen molar-refractivity contribution >= 4 is 57.6 Å². The van der Waals surface area contributed by atoms with Gasteiger partial charge in [-0.05, 0) is 74.9 Å². The number of nitrogens with one attached hydrogen (secondary N) is 2. The Bertz CT molecular complexity index is 1440. The minimum absolute atomic E-state index is 0. The quantitative estimate of drug-likeness (QED) is 0.160. The van der Waals surface area contributed by atoms with Crippen LogP contribution in [0.4, 0.5) is 29.2 Å². The van der Waals surface area contributed by atoms with Gasteiger partial charge >= 0.3 is 0 Å². The molecule has 3 aromatic rings. The summed E-state index contributed by atoms with van der Waals surface area (Å²) in [4.78, 5) is 31.2. The van der Waals surface area contributed by atoms with Gasteiger partial charge < -0.3 is 50.1 Å². The molecule has 0 bridgehead atoms. The van der Waals surface area contributed by atoms with Crippen molar-refractivity contribution in [2.75, 3.05) is 46.6 Å². The summed E-state index contributed by atoms with van der Waals surface area (Å²) in [7, 11) is -3.84. The van der Waals surface area contributed by atoms with E-state index in [0.717, 1.165) is 51.9 Å². The first-order chi connectivity index (χ1) is 18.8. The van der Waals surface area contributed by atoms with E-state index in [4.69, 9.17) is 10.1 Å². The van der Waals surface area contributed by atoms with Crippen molar-refractivity contribution in [3.63, 3.8) is 0 Å². The number of carbonyl (C=O) groups is 1. The average Bonchev–Trinajstić information content (AvgIpc) is 2.93. The van der Waals surface area contributed by atoms with Crippen LogP contribution in [-0.2, 0) is 10.0 Å². The highest BCUT2D eigenvalue weighted by atomic mass is 35.5. The average molecular weight is 665 g/mol. The number of aromatic hydroxyl groups is 1. The van der Waals surface area contributed by atoms with Crippen LogP contribution in [0, 0.1) is 0 Å². The Morgan fingerprint density at radius 1 is 0.773 bits per heavy atom. The van der Waals surface area contributed by atoms with E-state index in [2.05, 4.69) is 30.4 Å². The van der Waals surface area contributed by atoms with Crippen LogP contribution in [0.25, 0.3) is 0 Å². The minimum Gasteiger partial charge on any atom is -0.507 e. The minimum atomic E-state index is -3.84. The van der Waals surface area contributed by atoms with Gasteiger partial charge in [-0.1, -0.05) is 0 Å². The predicted octanol–water partition coefficient (Wildman–Crippen LogP) is 5.25. The summed E-state index contributed by atoms with van der Waals surface area (Å²) in [6.07, 6.45) is 6.79. The highest BCUT2D eigenvalue weighted by Crippen LogP contribution is 2.27. The van der Waals surface area contributed by atoms with Crippen molar-refractivity contribution in [2.24, 2.45) is 5.14 Å². The number of amides is 1. The maximum absolute atomic E-state index is 12.7. The predicted molar refractivity (Wildman–Crippen MR) is 185 cm³/mol. The van der Waals surface area contributed by atoms with Gasteiger partial charge in [-0.2, -0.15) is 15.0 Å². The zero-order valence-corrected chi connectivity index (χ0v) is 26.4. The van der Waals surface area contributed by atoms with E-state index < -0.39 is 15.9 Å². The lowest BCUT2D eigenvalue weighted by Gasteiger charge is -2.30. The molecule has 2 saturated heterocycles. The summed E-state index contributed by atoms with van der Waals surface area (Å²) in [5.41, 5.74) is 0.923. The highest BCUT2D eigenvalue weighted by molar-refractivity contribution is 7.89. The molecule has 2 aromatic carbocycles. The van der Waals surface area contributed by atoms with E-state index in [1.165, 1.54) is 49.2 Å². The van der Waals surface area contributed by atoms with Gasteiger partial charge in [0.05, 0.1) is 10.5 Å². The molecule has 2 fully saturated rings. The number of primary sulfonamides is 1. The second-order valence-corrected chi connectivity index (χ2v) is 11.3. The van der Waals surface area contributed by atoms with E-state index in [-0.39, 0.29) is 58.9 Å². The Kier molecular flexibility index (Phi) is 15.9. The molecule has 44 heavy (non-hydrogen) atoms. The molecule has 3 heterocycles. The fraction of sp³-hybridized carbons (Fsp3) is 0.385. The summed E-state index contributed by atoms with van der Waals surface area (Å²) in [5.74, 6) is 0.864. The Balaban J connectivity index is -0.000000685. The summed E-state index contributed by atoms with van der Waals surface area (Å²) in [5, 5.41) is 21.5. The number of anilines is 5. The van der Waals surface area contributed by atoms with Gasteiger partial charge in [0.2, 0.25) is 27.9 Å². The first-order valence-electron chi connectivity index (χ1n) is 13.1. The third-order valence-corrected chi connectivity index (χ3v) is 7.76. The van der Waals surface area contributed by atoms with Crippen LogP contribution < -0.4 is 50.2 Å². The van der Waals surface area contributed by atoms with Gasteiger partial charge in [-0.3, -0.25) is 4.79 Å². The number of hydrogen-bond donors (Lipinski definition) is 8. The number of phenols is 1. The summed E-state index contributed by atoms with van der Waals surface area (Å²) < 4.78 is 22.9. The van der Waals surface area contributed by atoms with Crippen LogP contribution in [-0.4, -0.2) is 60.6 Å². The van der Waals surface area contributed by atoms with Crippen molar-refractivity contribution < 1.29 is 24.0 Å². The fourth-order valence-electron chi connectivity index (χ4n) is 4.74. The Labute approximate surface area is 270 Å². The number of hydrogen-bond acceptors (Lipinski definition) is 14. The number of carbonyl (C=O) groups excluding carboxylic acids is 1. The number of rotatable bonds is 7. The monoisotopic (exact) mass is 664 g/mol. The number of halogens is 1. The molecule has 2 aliphatic rings. The molecule has 16 nitrogen and oxygen atoms in total. The number of aromatic nitrogens is 3. The van der Waals surface area contributed by atoms with E-state index in [1.807, 2.05) is 0 Å². The second-order valence-electron chi connectivity index (χ2n) is 9.73. The molecule has 254 valence electrons. The summed E-state index contributed by atoms with van der Waals surface area (Å²) >= 11 is 0. The molecule has 0 radical (unpaired) electrons. The maximum atomic E-state index is 12.7. The van der Waals surface area contributed by atoms with Crippen LogP contribution in [0.5, 0.6) is 5.75 Å². The number of benzene rings is 2. The fourth-order valence-corrected chi connectivity index (χ4v) is 5.25. The van der Waals surface area contributed by atoms with Crippen LogP contribution in [0.2, 0.25) is 0 Å². The molecule has 0 atom stereocenters. The van der Waals surface area contributed by atoms with E-state index in [9.17, 15) is 18.3 Å². The van der Waals surface area contributed by atoms with Crippen LogP contribution in [0.1, 0.15) is 54.6 Å². The number of phenolic OH excluding ortho intramolecular Hbond substituents is 1. The second kappa shape index (κ2) is 17.5. The van der Waals surface area contributed by atoms with Gasteiger partial charge in [0, 0.05) is 49.3 Å². The number of nitrogens with two attached hydrogens (primary N) is 1. The molecule has 1 amide bonds. The molecular weight excluding hydrogens is 612 g/mol. The number of nitrogens with zero attached hydrogens (tertiary/aromatic N) is 5. The lowest BCUT2D eigenvalue weighted by Crippen LogP contribution is -2.34. The van der Waals surface area contributed by atoms with Gasteiger partial charge in [0.1, 0.15) is 5.75 Å². The van der Waals surface area contributed by atoms with Gasteiger partial charge in [-0.25, -0.2) is 13.6 Å². The topological polar surface area (TPSA) is 307 Å². The molecule has 2 aliphatic heterocycles. The number of sulfonamides is 1. The van der Waals surface area contributed by atoms with Crippen molar-refractivity contribution in [1.29, 1.82) is 0 Å². The summed E-state index contributed by atoms with van der Waals surface area (Å²) in [6.45, 7) is 3.60. The summed E-state index contributed by atoms with van der Waals surface area (Å²) in [6, 6.07) is 10.0. The molecular formula is C26H53ClN12O4S. The lowest BCUT2D eigenvalue weighted by molar-refractivity contribution is 0.102. The standard InChI is InChI=1S/C26H32N8O4S.ClH.4H3N.4H2/c27-39(37,38)20-10-7-18(8-11-20)28-23(36)21-12-9-19(17-22(21)35)29-24-30-25(33-13-3-1-4-14-33)32-26(31-24)34-15-5-2-6-16-34;;;;;;;;;/h7-12,17,35H,1-6,13-16H2,(H,28,36)(H2,27,37,38)(H,29,30,31,32);1H;4*1H3;4*1H. The van der Waals surface area contributed by atoms with Gasteiger partial charge in [0.25, 0.3) is 5.91 Å². The van der Waals surface area contributed by atoms with E-state index >= 15 is 0 Å². The molecule has 17 N–H and O–H groups in total. The largest absolute Gasteiger partial charge is 0.507 e. The van der Waals surface area contributed by atoms with Crippen LogP contribution in [0.15, 0.2) is 47.4 Å². The van der Waals surface area contributed by atoms with E-state index in [1.54, 1.807) is 6.07 Å². The molecule has 18 heteroatoms. The number of piperidine rings is 2. The zero-order chi connectivity index (χ0) is 27.4.